The number of rotatable bonds is 6. The zero-order chi connectivity index (χ0) is 13.0. The fraction of sp³-hybridized carbons (Fsp3) is 0.538. The summed E-state index contributed by atoms with van der Waals surface area (Å²) in [7, 11) is 0. The highest BCUT2D eigenvalue weighted by molar-refractivity contribution is 7.10. The lowest BCUT2D eigenvalue weighted by atomic mass is 9.66. The number of amides is 1. The Labute approximate surface area is 110 Å². The summed E-state index contributed by atoms with van der Waals surface area (Å²) in [4.78, 5) is 23.6. The van der Waals surface area contributed by atoms with Crippen LogP contribution in [-0.4, -0.2) is 23.5 Å². The maximum atomic E-state index is 11.7. The smallest absolute Gasteiger partial charge is 0.303 e. The highest BCUT2D eigenvalue weighted by Crippen LogP contribution is 2.43. The van der Waals surface area contributed by atoms with E-state index in [0.29, 0.717) is 13.0 Å². The number of thiophene rings is 1. The number of aliphatic carboxylic acids is 1. The van der Waals surface area contributed by atoms with Crippen LogP contribution in [0.4, 0.5) is 0 Å². The van der Waals surface area contributed by atoms with Gasteiger partial charge in [0.25, 0.3) is 0 Å². The quantitative estimate of drug-likeness (QED) is 0.829. The van der Waals surface area contributed by atoms with E-state index in [1.54, 1.807) is 11.3 Å². The van der Waals surface area contributed by atoms with Crippen LogP contribution in [0.5, 0.6) is 0 Å². The Kier molecular flexibility index (Phi) is 4.01. The van der Waals surface area contributed by atoms with Crippen LogP contribution in [0, 0.1) is 5.41 Å². The van der Waals surface area contributed by atoms with E-state index in [9.17, 15) is 9.59 Å². The Morgan fingerprint density at radius 1 is 1.44 bits per heavy atom. The number of hydrogen-bond donors (Lipinski definition) is 2. The Morgan fingerprint density at radius 3 is 2.72 bits per heavy atom. The molecule has 1 aromatic rings. The van der Waals surface area contributed by atoms with Gasteiger partial charge in [-0.15, -0.1) is 11.3 Å². The van der Waals surface area contributed by atoms with Gasteiger partial charge in [-0.2, -0.15) is 0 Å². The first-order chi connectivity index (χ1) is 8.60. The van der Waals surface area contributed by atoms with Gasteiger partial charge in [0.2, 0.25) is 5.91 Å². The highest BCUT2D eigenvalue weighted by Gasteiger charge is 2.39. The molecule has 0 bridgehead atoms. The first-order valence-electron chi connectivity index (χ1n) is 6.11. The van der Waals surface area contributed by atoms with E-state index in [4.69, 9.17) is 5.11 Å². The fourth-order valence-corrected chi connectivity index (χ4v) is 3.04. The van der Waals surface area contributed by atoms with Gasteiger partial charge in [-0.25, -0.2) is 0 Å². The summed E-state index contributed by atoms with van der Waals surface area (Å²) in [6, 6.07) is 3.85. The topological polar surface area (TPSA) is 66.4 Å². The predicted octanol–water partition coefficient (Wildman–Crippen LogP) is 2.05. The average Bonchev–Trinajstić information content (AvgIpc) is 2.74. The van der Waals surface area contributed by atoms with E-state index >= 15 is 0 Å². The van der Waals surface area contributed by atoms with Gasteiger partial charge in [0.1, 0.15) is 0 Å². The first kappa shape index (κ1) is 13.1. The van der Waals surface area contributed by atoms with Gasteiger partial charge in [-0.3, -0.25) is 9.59 Å². The van der Waals surface area contributed by atoms with Gasteiger partial charge < -0.3 is 10.4 Å². The Bertz CT molecular complexity index is 423. The van der Waals surface area contributed by atoms with Crippen LogP contribution >= 0.6 is 11.3 Å². The Hall–Kier alpha value is -1.36. The van der Waals surface area contributed by atoms with Crippen molar-refractivity contribution < 1.29 is 14.7 Å². The van der Waals surface area contributed by atoms with Crippen molar-refractivity contribution in [2.75, 3.05) is 6.54 Å². The number of hydrogen-bond acceptors (Lipinski definition) is 3. The van der Waals surface area contributed by atoms with Crippen LogP contribution in [0.3, 0.4) is 0 Å². The molecule has 0 aliphatic heterocycles. The molecule has 1 aromatic heterocycles. The summed E-state index contributed by atoms with van der Waals surface area (Å²) in [5, 5.41) is 13.7. The molecule has 0 aromatic carbocycles. The molecule has 2 N–H and O–H groups in total. The molecule has 98 valence electrons. The van der Waals surface area contributed by atoms with Crippen molar-refractivity contribution in [3.63, 3.8) is 0 Å². The van der Waals surface area contributed by atoms with Gasteiger partial charge in [0.05, 0.1) is 12.8 Å². The van der Waals surface area contributed by atoms with Crippen LogP contribution < -0.4 is 5.32 Å². The molecule has 18 heavy (non-hydrogen) atoms. The minimum absolute atomic E-state index is 0.0193. The Morgan fingerprint density at radius 2 is 2.22 bits per heavy atom. The lowest BCUT2D eigenvalue weighted by molar-refractivity contribution is -0.141. The van der Waals surface area contributed by atoms with Crippen molar-refractivity contribution in [1.29, 1.82) is 0 Å². The maximum Gasteiger partial charge on any atom is 0.303 e. The summed E-state index contributed by atoms with van der Waals surface area (Å²) < 4.78 is 0. The number of nitrogens with one attached hydrogen (secondary N) is 1. The highest BCUT2D eigenvalue weighted by atomic mass is 32.1. The predicted molar refractivity (Wildman–Crippen MR) is 69.6 cm³/mol. The van der Waals surface area contributed by atoms with Crippen molar-refractivity contribution in [3.8, 4) is 0 Å². The SMILES string of the molecule is O=C(O)CC1(CNC(=O)Cc2cccs2)CCC1. The molecular weight excluding hydrogens is 250 g/mol. The van der Waals surface area contributed by atoms with Crippen molar-refractivity contribution in [1.82, 2.24) is 5.32 Å². The summed E-state index contributed by atoms with van der Waals surface area (Å²) >= 11 is 1.56. The molecule has 1 amide bonds. The summed E-state index contributed by atoms with van der Waals surface area (Å²) in [6.07, 6.45) is 3.42. The van der Waals surface area contributed by atoms with E-state index in [2.05, 4.69) is 5.32 Å². The number of carboxylic acid groups (broad SMARTS) is 1. The van der Waals surface area contributed by atoms with Crippen molar-refractivity contribution in [2.24, 2.45) is 5.41 Å². The van der Waals surface area contributed by atoms with Gasteiger partial charge in [0.15, 0.2) is 0 Å². The fourth-order valence-electron chi connectivity index (χ4n) is 2.33. The third kappa shape index (κ3) is 3.32. The molecule has 1 aliphatic rings. The normalized spacial score (nSPS) is 16.9. The summed E-state index contributed by atoms with van der Waals surface area (Å²) in [6.45, 7) is 0.490. The van der Waals surface area contributed by atoms with Gasteiger partial charge >= 0.3 is 5.97 Å². The molecule has 0 atom stereocenters. The Balaban J connectivity index is 1.79. The molecule has 0 radical (unpaired) electrons. The maximum absolute atomic E-state index is 11.7. The van der Waals surface area contributed by atoms with Crippen LogP contribution in [0.1, 0.15) is 30.6 Å². The molecule has 0 unspecified atom stereocenters. The van der Waals surface area contributed by atoms with Crippen LogP contribution in [0.25, 0.3) is 0 Å². The van der Waals surface area contributed by atoms with Gasteiger partial charge in [-0.05, 0) is 29.7 Å². The summed E-state index contributed by atoms with van der Waals surface area (Å²) in [5.41, 5.74) is -0.197. The second-order valence-corrected chi connectivity index (χ2v) is 5.99. The standard InChI is InChI=1S/C13H17NO3S/c15-11(7-10-3-1-6-18-10)14-9-13(4-2-5-13)8-12(16)17/h1,3,6H,2,4-5,7-9H2,(H,14,15)(H,16,17). The number of carboxylic acids is 1. The third-order valence-electron chi connectivity index (χ3n) is 3.52. The molecule has 0 saturated heterocycles. The van der Waals surface area contributed by atoms with E-state index in [0.717, 1.165) is 24.1 Å². The minimum atomic E-state index is -0.776. The van der Waals surface area contributed by atoms with Crippen molar-refractivity contribution >= 4 is 23.2 Å². The van der Waals surface area contributed by atoms with E-state index < -0.39 is 5.97 Å². The monoisotopic (exact) mass is 267 g/mol. The van der Waals surface area contributed by atoms with Crippen LogP contribution in [0.2, 0.25) is 0 Å². The van der Waals surface area contributed by atoms with Gasteiger partial charge in [-0.1, -0.05) is 12.5 Å². The number of carbonyl (C=O) groups excluding carboxylic acids is 1. The van der Waals surface area contributed by atoms with Crippen molar-refractivity contribution in [2.45, 2.75) is 32.1 Å². The summed E-state index contributed by atoms with van der Waals surface area (Å²) in [5.74, 6) is -0.795. The minimum Gasteiger partial charge on any atom is -0.481 e. The molecule has 2 rings (SSSR count). The van der Waals surface area contributed by atoms with Crippen LogP contribution in [0.15, 0.2) is 17.5 Å². The van der Waals surface area contributed by atoms with E-state index in [1.807, 2.05) is 17.5 Å². The van der Waals surface area contributed by atoms with Crippen molar-refractivity contribution in [3.05, 3.63) is 22.4 Å². The first-order valence-corrected chi connectivity index (χ1v) is 6.99. The second-order valence-electron chi connectivity index (χ2n) is 4.96. The molecule has 1 saturated carbocycles. The van der Waals surface area contributed by atoms with Gasteiger partial charge in [0, 0.05) is 11.4 Å². The third-order valence-corrected chi connectivity index (χ3v) is 4.39. The number of carbonyl (C=O) groups is 2. The molecule has 4 nitrogen and oxygen atoms in total. The molecule has 1 heterocycles. The van der Waals surface area contributed by atoms with Crippen LogP contribution in [-0.2, 0) is 16.0 Å². The zero-order valence-electron chi connectivity index (χ0n) is 10.1. The molecule has 0 spiro atoms. The van der Waals surface area contributed by atoms with E-state index in [1.165, 1.54) is 0 Å². The molecule has 1 fully saturated rings. The molecular formula is C13H17NO3S. The second kappa shape index (κ2) is 5.52. The lowest BCUT2D eigenvalue weighted by Crippen LogP contribution is -2.43. The largest absolute Gasteiger partial charge is 0.481 e. The average molecular weight is 267 g/mol. The lowest BCUT2D eigenvalue weighted by Gasteiger charge is -2.40. The molecule has 5 heteroatoms. The zero-order valence-corrected chi connectivity index (χ0v) is 11.0. The van der Waals surface area contributed by atoms with E-state index in [-0.39, 0.29) is 17.7 Å². The molecule has 1 aliphatic carbocycles.